The standard InChI is InChI=1S/C6H8BrN2/c1-3-5-6(7)4(2)8-9-5/h3H2,1-2H3. The maximum Gasteiger partial charge on any atom is 0.0788 e. The number of hydrogen-bond donors (Lipinski definition) is 0. The lowest BCUT2D eigenvalue weighted by atomic mass is 10.3. The molecule has 1 heterocycles. The predicted molar refractivity (Wildman–Crippen MR) is 41.5 cm³/mol. The molecule has 0 aromatic heterocycles. The highest BCUT2D eigenvalue weighted by atomic mass is 79.9. The SMILES string of the molecule is CCC1=C(Br)C(C)=N[N]1. The minimum atomic E-state index is 0.946. The minimum absolute atomic E-state index is 0.946. The predicted octanol–water partition coefficient (Wildman–Crippen LogP) is 2.00. The van der Waals surface area contributed by atoms with Gasteiger partial charge in [-0.05, 0) is 29.3 Å². The zero-order valence-electron chi connectivity index (χ0n) is 5.48. The first-order valence-electron chi connectivity index (χ1n) is 2.90. The Bertz CT molecular complexity index is 181. The van der Waals surface area contributed by atoms with E-state index >= 15 is 0 Å². The summed E-state index contributed by atoms with van der Waals surface area (Å²) in [6.45, 7) is 4.00. The molecule has 0 saturated carbocycles. The third kappa shape index (κ3) is 1.15. The molecule has 1 rings (SSSR count). The number of allylic oxidation sites excluding steroid dienone is 2. The summed E-state index contributed by atoms with van der Waals surface area (Å²) < 4.78 is 1.06. The van der Waals surface area contributed by atoms with Gasteiger partial charge in [0.05, 0.1) is 15.9 Å². The number of halogens is 1. The molecular weight excluding hydrogens is 180 g/mol. The van der Waals surface area contributed by atoms with Crippen LogP contribution in [0.5, 0.6) is 0 Å². The van der Waals surface area contributed by atoms with Gasteiger partial charge in [0.1, 0.15) is 0 Å². The summed E-state index contributed by atoms with van der Waals surface area (Å²) in [6.07, 6.45) is 0.946. The summed E-state index contributed by atoms with van der Waals surface area (Å²) in [5.41, 5.74) is 5.96. The summed E-state index contributed by atoms with van der Waals surface area (Å²) in [7, 11) is 0. The molecule has 1 aliphatic rings. The fourth-order valence-corrected chi connectivity index (χ4v) is 1.10. The monoisotopic (exact) mass is 187 g/mol. The first-order chi connectivity index (χ1) is 4.25. The Hall–Kier alpha value is -0.310. The van der Waals surface area contributed by atoms with Crippen molar-refractivity contribution in [3.63, 3.8) is 0 Å². The van der Waals surface area contributed by atoms with Crippen molar-refractivity contribution in [2.24, 2.45) is 5.10 Å². The molecule has 0 aromatic rings. The summed E-state index contributed by atoms with van der Waals surface area (Å²) in [5, 5.41) is 3.89. The van der Waals surface area contributed by atoms with E-state index in [9.17, 15) is 0 Å². The van der Waals surface area contributed by atoms with Gasteiger partial charge in [0.2, 0.25) is 0 Å². The van der Waals surface area contributed by atoms with Crippen molar-refractivity contribution in [2.45, 2.75) is 20.3 Å². The molecule has 1 aliphatic heterocycles. The van der Waals surface area contributed by atoms with Crippen LogP contribution in [0, 0.1) is 0 Å². The van der Waals surface area contributed by atoms with Crippen LogP contribution in [0.15, 0.2) is 15.3 Å². The molecule has 3 heteroatoms. The first-order valence-corrected chi connectivity index (χ1v) is 3.69. The van der Waals surface area contributed by atoms with E-state index in [1.165, 1.54) is 0 Å². The molecule has 0 amide bonds. The normalized spacial score (nSPS) is 17.9. The third-order valence-corrected chi connectivity index (χ3v) is 2.26. The van der Waals surface area contributed by atoms with Crippen molar-refractivity contribution < 1.29 is 0 Å². The second kappa shape index (κ2) is 2.52. The summed E-state index contributed by atoms with van der Waals surface area (Å²) in [6, 6.07) is 0. The van der Waals surface area contributed by atoms with Crippen LogP contribution in [0.1, 0.15) is 20.3 Å². The van der Waals surface area contributed by atoms with Crippen molar-refractivity contribution in [3.8, 4) is 0 Å². The van der Waals surface area contributed by atoms with Gasteiger partial charge in [-0.15, -0.1) is 0 Å². The number of nitrogens with zero attached hydrogens (tertiary/aromatic N) is 2. The van der Waals surface area contributed by atoms with Crippen LogP contribution in [0.3, 0.4) is 0 Å². The lowest BCUT2D eigenvalue weighted by Crippen LogP contribution is -1.89. The summed E-state index contributed by atoms with van der Waals surface area (Å²) >= 11 is 3.39. The van der Waals surface area contributed by atoms with E-state index in [0.717, 1.165) is 22.3 Å². The Morgan fingerprint density at radius 3 is 2.44 bits per heavy atom. The highest BCUT2D eigenvalue weighted by molar-refractivity contribution is 9.12. The van der Waals surface area contributed by atoms with Crippen molar-refractivity contribution in [2.75, 3.05) is 0 Å². The van der Waals surface area contributed by atoms with Gasteiger partial charge in [-0.1, -0.05) is 6.92 Å². The molecule has 0 aliphatic carbocycles. The van der Waals surface area contributed by atoms with E-state index in [-0.39, 0.29) is 0 Å². The minimum Gasteiger partial charge on any atom is -0.154 e. The molecule has 0 bridgehead atoms. The molecule has 0 atom stereocenters. The average Bonchev–Trinajstić information content (AvgIpc) is 2.15. The number of hydrogen-bond acceptors (Lipinski definition) is 1. The summed E-state index contributed by atoms with van der Waals surface area (Å²) in [5.74, 6) is 0. The molecule has 0 saturated heterocycles. The van der Waals surface area contributed by atoms with E-state index in [1.807, 2.05) is 6.92 Å². The van der Waals surface area contributed by atoms with Crippen LogP contribution in [0.25, 0.3) is 0 Å². The highest BCUT2D eigenvalue weighted by Gasteiger charge is 2.12. The molecular formula is C6H8BrN2. The van der Waals surface area contributed by atoms with Gasteiger partial charge in [0.15, 0.2) is 0 Å². The van der Waals surface area contributed by atoms with Crippen LogP contribution < -0.4 is 5.43 Å². The largest absolute Gasteiger partial charge is 0.154 e. The molecule has 1 radical (unpaired) electrons. The van der Waals surface area contributed by atoms with E-state index in [1.54, 1.807) is 0 Å². The summed E-state index contributed by atoms with van der Waals surface area (Å²) in [4.78, 5) is 0. The van der Waals surface area contributed by atoms with Crippen LogP contribution in [-0.4, -0.2) is 5.71 Å². The van der Waals surface area contributed by atoms with Crippen molar-refractivity contribution in [1.82, 2.24) is 5.43 Å². The second-order valence-electron chi connectivity index (χ2n) is 1.90. The van der Waals surface area contributed by atoms with Crippen LogP contribution in [-0.2, 0) is 0 Å². The molecule has 0 aromatic carbocycles. The molecule has 0 unspecified atom stereocenters. The van der Waals surface area contributed by atoms with Gasteiger partial charge in [0.25, 0.3) is 0 Å². The molecule has 49 valence electrons. The lowest BCUT2D eigenvalue weighted by Gasteiger charge is -1.91. The Balaban J connectivity index is 2.79. The maximum atomic E-state index is 3.94. The van der Waals surface area contributed by atoms with Crippen molar-refractivity contribution >= 4 is 21.6 Å². The Morgan fingerprint density at radius 2 is 2.22 bits per heavy atom. The molecule has 0 spiro atoms. The molecule has 2 nitrogen and oxygen atoms in total. The van der Waals surface area contributed by atoms with Crippen LogP contribution in [0.4, 0.5) is 0 Å². The third-order valence-electron chi connectivity index (χ3n) is 1.23. The van der Waals surface area contributed by atoms with Gasteiger partial charge in [-0.3, -0.25) is 0 Å². The smallest absolute Gasteiger partial charge is 0.0788 e. The second-order valence-corrected chi connectivity index (χ2v) is 2.69. The fraction of sp³-hybridized carbons (Fsp3) is 0.500. The van der Waals surface area contributed by atoms with E-state index in [0.29, 0.717) is 0 Å². The van der Waals surface area contributed by atoms with E-state index < -0.39 is 0 Å². The Labute approximate surface area is 63.2 Å². The fourth-order valence-electron chi connectivity index (χ4n) is 0.658. The maximum absolute atomic E-state index is 3.94. The van der Waals surface area contributed by atoms with Crippen LogP contribution in [0.2, 0.25) is 0 Å². The van der Waals surface area contributed by atoms with Gasteiger partial charge in [0, 0.05) is 0 Å². The highest BCUT2D eigenvalue weighted by Crippen LogP contribution is 2.20. The van der Waals surface area contributed by atoms with Gasteiger partial charge >= 0.3 is 0 Å². The van der Waals surface area contributed by atoms with E-state index in [4.69, 9.17) is 0 Å². The topological polar surface area (TPSA) is 26.5 Å². The first kappa shape index (κ1) is 6.81. The zero-order chi connectivity index (χ0) is 6.85. The van der Waals surface area contributed by atoms with Crippen LogP contribution >= 0.6 is 15.9 Å². The van der Waals surface area contributed by atoms with Gasteiger partial charge < -0.3 is 0 Å². The molecule has 9 heavy (non-hydrogen) atoms. The van der Waals surface area contributed by atoms with E-state index in [2.05, 4.69) is 33.4 Å². The average molecular weight is 188 g/mol. The van der Waals surface area contributed by atoms with Crippen molar-refractivity contribution in [3.05, 3.63) is 10.2 Å². The van der Waals surface area contributed by atoms with Gasteiger partial charge in [-0.25, -0.2) is 0 Å². The quantitative estimate of drug-likeness (QED) is 0.601. The van der Waals surface area contributed by atoms with Gasteiger partial charge in [-0.2, -0.15) is 10.5 Å². The Morgan fingerprint density at radius 1 is 1.56 bits per heavy atom. The Kier molecular flexibility index (Phi) is 1.90. The number of rotatable bonds is 1. The molecule has 0 N–H and O–H groups in total. The zero-order valence-corrected chi connectivity index (χ0v) is 7.07. The lowest BCUT2D eigenvalue weighted by molar-refractivity contribution is 0.836. The van der Waals surface area contributed by atoms with Crippen molar-refractivity contribution in [1.29, 1.82) is 0 Å². The molecule has 0 fully saturated rings.